The van der Waals surface area contributed by atoms with E-state index in [1.54, 1.807) is 11.0 Å². The van der Waals surface area contributed by atoms with E-state index < -0.39 is 0 Å². The lowest BCUT2D eigenvalue weighted by molar-refractivity contribution is -0.122. The smallest absolute Gasteiger partial charge is 0.276 e. The number of nitrogens with zero attached hydrogens (tertiary/aromatic N) is 1. The molecule has 5 nitrogen and oxygen atoms in total. The minimum absolute atomic E-state index is 0.0937. The third-order valence-electron chi connectivity index (χ3n) is 4.58. The molecule has 2 heterocycles. The van der Waals surface area contributed by atoms with Crippen molar-refractivity contribution in [2.24, 2.45) is 0 Å². The van der Waals surface area contributed by atoms with E-state index >= 15 is 0 Å². The fraction of sp³-hybridized carbons (Fsp3) is 0.300. The quantitative estimate of drug-likeness (QED) is 0.595. The molecular formula is C20H19ClN2O3S. The highest BCUT2D eigenvalue weighted by molar-refractivity contribution is 7.80. The van der Waals surface area contributed by atoms with Crippen LogP contribution in [0.3, 0.4) is 0 Å². The van der Waals surface area contributed by atoms with E-state index in [4.69, 9.17) is 33.0 Å². The molecule has 1 aromatic carbocycles. The zero-order valence-electron chi connectivity index (χ0n) is 15.0. The summed E-state index contributed by atoms with van der Waals surface area (Å²) in [5.41, 5.74) is 2.38. The molecule has 1 amide bonds. The van der Waals surface area contributed by atoms with Crippen LogP contribution in [0.2, 0.25) is 5.02 Å². The Labute approximate surface area is 167 Å². The molecule has 1 N–H and O–H groups in total. The largest absolute Gasteiger partial charge is 0.486 e. The molecule has 0 atom stereocenters. The molecule has 7 heteroatoms. The van der Waals surface area contributed by atoms with Crippen LogP contribution in [0.15, 0.2) is 34.4 Å². The predicted molar refractivity (Wildman–Crippen MR) is 108 cm³/mol. The normalized spacial score (nSPS) is 18.3. The van der Waals surface area contributed by atoms with Gasteiger partial charge in [-0.15, -0.1) is 0 Å². The van der Waals surface area contributed by atoms with Crippen molar-refractivity contribution in [2.45, 2.75) is 39.3 Å². The topological polar surface area (TPSA) is 54.7 Å². The predicted octanol–water partition coefficient (Wildman–Crippen LogP) is 4.35. The number of thiocarbonyl (C=S) groups is 1. The highest BCUT2D eigenvalue weighted by Gasteiger charge is 2.41. The Kier molecular flexibility index (Phi) is 4.70. The number of hydrogen-bond acceptors (Lipinski definition) is 4. The number of furan rings is 1. The van der Waals surface area contributed by atoms with Crippen LogP contribution in [-0.2, 0) is 11.4 Å². The van der Waals surface area contributed by atoms with Gasteiger partial charge in [0.15, 0.2) is 5.11 Å². The van der Waals surface area contributed by atoms with Crippen LogP contribution in [-0.4, -0.2) is 22.0 Å². The van der Waals surface area contributed by atoms with Crippen LogP contribution in [0, 0.1) is 13.8 Å². The van der Waals surface area contributed by atoms with Crippen LogP contribution in [0.4, 0.5) is 0 Å². The maximum atomic E-state index is 12.4. The second-order valence-corrected chi connectivity index (χ2v) is 7.62. The summed E-state index contributed by atoms with van der Waals surface area (Å²) in [5.74, 6) is 1.89. The number of carbonyl (C=O) groups excluding carboxylic acids is 1. The summed E-state index contributed by atoms with van der Waals surface area (Å²) in [4.78, 5) is 14.1. The Morgan fingerprint density at radius 1 is 1.33 bits per heavy atom. The number of benzene rings is 1. The van der Waals surface area contributed by atoms with E-state index in [2.05, 4.69) is 5.32 Å². The lowest BCUT2D eigenvalue weighted by atomic mass is 10.1. The molecule has 1 aliphatic heterocycles. The number of rotatable bonds is 5. The highest BCUT2D eigenvalue weighted by Crippen LogP contribution is 2.31. The van der Waals surface area contributed by atoms with Crippen molar-refractivity contribution in [2.75, 3.05) is 0 Å². The van der Waals surface area contributed by atoms with Gasteiger partial charge in [0, 0.05) is 17.1 Å². The summed E-state index contributed by atoms with van der Waals surface area (Å²) in [6.45, 7) is 4.18. The minimum Gasteiger partial charge on any atom is -0.486 e. The van der Waals surface area contributed by atoms with Crippen molar-refractivity contribution in [3.8, 4) is 5.75 Å². The van der Waals surface area contributed by atoms with Crippen molar-refractivity contribution in [3.63, 3.8) is 0 Å². The Bertz CT molecular complexity index is 939. The Morgan fingerprint density at radius 2 is 2.04 bits per heavy atom. The first-order valence-corrected chi connectivity index (χ1v) is 9.55. The van der Waals surface area contributed by atoms with Crippen LogP contribution >= 0.6 is 23.8 Å². The fourth-order valence-corrected chi connectivity index (χ4v) is 3.50. The van der Waals surface area contributed by atoms with Gasteiger partial charge in [-0.25, -0.2) is 0 Å². The summed E-state index contributed by atoms with van der Waals surface area (Å²) >= 11 is 11.4. The van der Waals surface area contributed by atoms with E-state index in [-0.39, 0.29) is 18.6 Å². The summed E-state index contributed by atoms with van der Waals surface area (Å²) in [6.07, 6.45) is 3.69. The SMILES string of the molecule is Cc1cc(OCc2ccc(/C=C3/NC(=S)N(C4CC4)C3=O)o2)cc(C)c1Cl. The first-order chi connectivity index (χ1) is 12.9. The number of amides is 1. The van der Waals surface area contributed by atoms with Gasteiger partial charge in [-0.1, -0.05) is 11.6 Å². The third kappa shape index (κ3) is 3.73. The van der Waals surface area contributed by atoms with Gasteiger partial charge in [0.25, 0.3) is 5.91 Å². The van der Waals surface area contributed by atoms with Crippen LogP contribution < -0.4 is 10.1 Å². The molecule has 2 fully saturated rings. The van der Waals surface area contributed by atoms with Crippen molar-refractivity contribution in [1.29, 1.82) is 0 Å². The summed E-state index contributed by atoms with van der Waals surface area (Å²) in [7, 11) is 0. The first-order valence-electron chi connectivity index (χ1n) is 8.77. The Balaban J connectivity index is 1.43. The average Bonchev–Trinajstić information content (AvgIpc) is 3.28. The molecule has 1 saturated heterocycles. The van der Waals surface area contributed by atoms with Crippen molar-refractivity contribution >= 4 is 40.9 Å². The van der Waals surface area contributed by atoms with Gasteiger partial charge < -0.3 is 14.5 Å². The van der Waals surface area contributed by atoms with Gasteiger partial charge >= 0.3 is 0 Å². The molecule has 0 radical (unpaired) electrons. The molecule has 1 saturated carbocycles. The fourth-order valence-electron chi connectivity index (χ4n) is 3.05. The average molecular weight is 403 g/mol. The third-order valence-corrected chi connectivity index (χ3v) is 5.48. The summed E-state index contributed by atoms with van der Waals surface area (Å²) < 4.78 is 11.6. The maximum absolute atomic E-state index is 12.4. The monoisotopic (exact) mass is 402 g/mol. The lowest BCUT2D eigenvalue weighted by Crippen LogP contribution is -2.32. The molecule has 27 heavy (non-hydrogen) atoms. The van der Waals surface area contributed by atoms with Gasteiger partial charge in [0.1, 0.15) is 29.6 Å². The molecule has 2 aliphatic rings. The molecule has 140 valence electrons. The van der Waals surface area contributed by atoms with E-state index in [0.29, 0.717) is 22.3 Å². The first kappa shape index (κ1) is 18.1. The molecular weight excluding hydrogens is 384 g/mol. The molecule has 0 unspecified atom stereocenters. The van der Waals surface area contributed by atoms with Crippen LogP contribution in [0.25, 0.3) is 6.08 Å². The van der Waals surface area contributed by atoms with Crippen LogP contribution in [0.1, 0.15) is 35.5 Å². The van der Waals surface area contributed by atoms with Gasteiger partial charge in [-0.2, -0.15) is 0 Å². The Hall–Kier alpha value is -2.31. The molecule has 1 aromatic heterocycles. The number of ether oxygens (including phenoxy) is 1. The number of halogens is 1. The maximum Gasteiger partial charge on any atom is 0.276 e. The minimum atomic E-state index is -0.0937. The number of nitrogens with one attached hydrogen (secondary N) is 1. The number of hydrogen-bond donors (Lipinski definition) is 1. The van der Waals surface area contributed by atoms with Gasteiger partial charge in [-0.3, -0.25) is 9.69 Å². The zero-order chi connectivity index (χ0) is 19.1. The van der Waals surface area contributed by atoms with E-state index in [9.17, 15) is 4.79 Å². The summed E-state index contributed by atoms with van der Waals surface area (Å²) in [6, 6.07) is 7.68. The molecule has 0 bridgehead atoms. The van der Waals surface area contributed by atoms with Gasteiger partial charge in [0.2, 0.25) is 0 Å². The molecule has 4 rings (SSSR count). The zero-order valence-corrected chi connectivity index (χ0v) is 16.6. The van der Waals surface area contributed by atoms with Crippen LogP contribution in [0.5, 0.6) is 5.75 Å². The van der Waals surface area contributed by atoms with Gasteiger partial charge in [-0.05, 0) is 74.3 Å². The number of aryl methyl sites for hydroxylation is 2. The second-order valence-electron chi connectivity index (χ2n) is 6.86. The van der Waals surface area contributed by atoms with Gasteiger partial charge in [0.05, 0.1) is 0 Å². The second kappa shape index (κ2) is 7.02. The van der Waals surface area contributed by atoms with E-state index in [0.717, 1.165) is 34.7 Å². The Morgan fingerprint density at radius 3 is 2.70 bits per heavy atom. The lowest BCUT2D eigenvalue weighted by Gasteiger charge is -2.11. The van der Waals surface area contributed by atoms with E-state index in [1.807, 2.05) is 38.1 Å². The van der Waals surface area contributed by atoms with Crippen molar-refractivity contribution in [1.82, 2.24) is 10.2 Å². The van der Waals surface area contributed by atoms with Crippen molar-refractivity contribution in [3.05, 3.63) is 57.6 Å². The highest BCUT2D eigenvalue weighted by atomic mass is 35.5. The molecule has 0 spiro atoms. The standard InChI is InChI=1S/C20H19ClN2O3S/c1-11-7-16(8-12(2)18(11)21)25-10-15-6-5-14(26-15)9-17-19(24)23(13-3-4-13)20(27)22-17/h5-9,13H,3-4,10H2,1-2H3,(H,22,27)/b17-9+. The summed E-state index contributed by atoms with van der Waals surface area (Å²) in [5, 5.41) is 4.19. The molecule has 2 aromatic rings. The number of carbonyl (C=O) groups is 1. The van der Waals surface area contributed by atoms with Crippen molar-refractivity contribution < 1.29 is 13.9 Å². The molecule has 1 aliphatic carbocycles. The van der Waals surface area contributed by atoms with E-state index in [1.165, 1.54) is 0 Å².